The number of benzene rings is 2. The molecule has 1 aliphatic heterocycles. The van der Waals surface area contributed by atoms with Crippen molar-refractivity contribution in [3.63, 3.8) is 0 Å². The molecule has 0 radical (unpaired) electrons. The van der Waals surface area contributed by atoms with Gasteiger partial charge in [-0.1, -0.05) is 42.5 Å². The molecule has 4 rings (SSSR count). The number of methoxy groups -OCH3 is 1. The maximum Gasteiger partial charge on any atom is 0.395 e. The third-order valence-corrected chi connectivity index (χ3v) is 9.21. The predicted octanol–water partition coefficient (Wildman–Crippen LogP) is 8.39. The maximum absolute atomic E-state index is 14.1. The van der Waals surface area contributed by atoms with Gasteiger partial charge in [-0.25, -0.2) is 0 Å². The lowest BCUT2D eigenvalue weighted by Gasteiger charge is -2.46. The minimum Gasteiger partial charge on any atom is -0.497 e. The van der Waals surface area contributed by atoms with Crippen LogP contribution in [0.5, 0.6) is 5.75 Å². The van der Waals surface area contributed by atoms with Crippen LogP contribution in [0, 0.1) is 11.3 Å². The summed E-state index contributed by atoms with van der Waals surface area (Å²) >= 11 is 0. The van der Waals surface area contributed by atoms with E-state index in [0.717, 1.165) is 61.7 Å². The highest BCUT2D eigenvalue weighted by Gasteiger charge is 2.48. The number of hydrogen-bond acceptors (Lipinski definition) is 4. The van der Waals surface area contributed by atoms with E-state index in [4.69, 9.17) is 9.47 Å². The third kappa shape index (κ3) is 7.84. The van der Waals surface area contributed by atoms with Gasteiger partial charge in [0.05, 0.1) is 18.1 Å². The highest BCUT2D eigenvalue weighted by molar-refractivity contribution is 5.68. The fourth-order valence-corrected chi connectivity index (χ4v) is 6.58. The first-order chi connectivity index (χ1) is 19.8. The molecule has 0 unspecified atom stereocenters. The zero-order chi connectivity index (χ0) is 30.6. The van der Waals surface area contributed by atoms with Crippen LogP contribution in [-0.4, -0.2) is 49.8 Å². The summed E-state index contributed by atoms with van der Waals surface area (Å²) in [6.45, 7) is 8.26. The molecule has 0 bridgehead atoms. The SMILES string of the molecule is COc1ccc([C@]2(CCN(Cc3ccc(C4=CC[C@H](C=O)CC4)cc3)CC(C)(C)C(F)(F)F)CCOC(C)(C)C2)cc1. The first kappa shape index (κ1) is 32.3. The van der Waals surface area contributed by atoms with Crippen LogP contribution in [0.15, 0.2) is 54.6 Å². The molecule has 2 aliphatic rings. The fourth-order valence-electron chi connectivity index (χ4n) is 6.58. The van der Waals surface area contributed by atoms with E-state index in [1.165, 1.54) is 25.0 Å². The summed E-state index contributed by atoms with van der Waals surface area (Å²) in [4.78, 5) is 13.1. The van der Waals surface area contributed by atoms with Crippen molar-refractivity contribution in [2.75, 3.05) is 26.8 Å². The Morgan fingerprint density at radius 2 is 1.76 bits per heavy atom. The van der Waals surface area contributed by atoms with Gasteiger partial charge in [-0.15, -0.1) is 0 Å². The Balaban J connectivity index is 1.57. The van der Waals surface area contributed by atoms with Crippen LogP contribution in [0.2, 0.25) is 0 Å². The average Bonchev–Trinajstić information content (AvgIpc) is 2.95. The molecule has 7 heteroatoms. The highest BCUT2D eigenvalue weighted by Crippen LogP contribution is 2.45. The number of halogens is 3. The van der Waals surface area contributed by atoms with E-state index < -0.39 is 11.6 Å². The van der Waals surface area contributed by atoms with Crippen LogP contribution in [-0.2, 0) is 21.5 Å². The van der Waals surface area contributed by atoms with Crippen LogP contribution in [0.25, 0.3) is 5.57 Å². The second-order valence-electron chi connectivity index (χ2n) is 13.5. The van der Waals surface area contributed by atoms with Gasteiger partial charge in [-0.3, -0.25) is 4.90 Å². The van der Waals surface area contributed by atoms with Crippen LogP contribution in [0.3, 0.4) is 0 Å². The molecule has 42 heavy (non-hydrogen) atoms. The summed E-state index contributed by atoms with van der Waals surface area (Å²) in [6.07, 6.45) is 3.68. The van der Waals surface area contributed by atoms with E-state index in [-0.39, 0.29) is 23.5 Å². The van der Waals surface area contributed by atoms with Gasteiger partial charge >= 0.3 is 6.18 Å². The molecule has 1 aliphatic carbocycles. The standard InChI is InChI=1S/C35H46F3NO3/c1-32(2,35(36,37)38)25-39(22-26-6-10-28(11-7-26)29-12-8-27(23-40)9-13-29)20-18-34(19-21-42-33(3,4)24-34)30-14-16-31(41-5)17-15-30/h6-7,10-12,14-17,23,27H,8-9,13,18-22,24-25H2,1-5H3/t27-,34+/m0/s1. The maximum atomic E-state index is 14.1. The van der Waals surface area contributed by atoms with E-state index in [1.807, 2.05) is 29.2 Å². The molecule has 2 atom stereocenters. The van der Waals surface area contributed by atoms with E-state index in [2.05, 4.69) is 44.2 Å². The number of hydrogen-bond donors (Lipinski definition) is 0. The van der Waals surface area contributed by atoms with Crippen molar-refractivity contribution in [2.45, 2.75) is 90.0 Å². The normalized spacial score (nSPS) is 23.0. The Morgan fingerprint density at radius 3 is 2.31 bits per heavy atom. The molecule has 1 heterocycles. The van der Waals surface area contributed by atoms with Crippen molar-refractivity contribution in [1.29, 1.82) is 0 Å². The number of rotatable bonds is 11. The van der Waals surface area contributed by atoms with Crippen LogP contribution in [0.4, 0.5) is 13.2 Å². The highest BCUT2D eigenvalue weighted by atomic mass is 19.4. The smallest absolute Gasteiger partial charge is 0.395 e. The zero-order valence-corrected chi connectivity index (χ0v) is 25.7. The molecular weight excluding hydrogens is 539 g/mol. The molecule has 1 fully saturated rings. The van der Waals surface area contributed by atoms with Crippen LogP contribution in [0.1, 0.15) is 82.9 Å². The van der Waals surface area contributed by atoms with Gasteiger partial charge in [0.15, 0.2) is 0 Å². The average molecular weight is 586 g/mol. The van der Waals surface area contributed by atoms with Gasteiger partial charge in [0, 0.05) is 31.0 Å². The molecule has 0 spiro atoms. The van der Waals surface area contributed by atoms with Gasteiger partial charge < -0.3 is 14.3 Å². The first-order valence-corrected chi connectivity index (χ1v) is 15.1. The van der Waals surface area contributed by atoms with Crippen LogP contribution >= 0.6 is 0 Å². The van der Waals surface area contributed by atoms with Crippen molar-refractivity contribution in [3.8, 4) is 5.75 Å². The second-order valence-corrected chi connectivity index (χ2v) is 13.5. The second kappa shape index (κ2) is 12.9. The van der Waals surface area contributed by atoms with E-state index in [1.54, 1.807) is 7.11 Å². The Morgan fingerprint density at radius 1 is 1.07 bits per heavy atom. The summed E-state index contributed by atoms with van der Waals surface area (Å²) in [5, 5.41) is 0. The van der Waals surface area contributed by atoms with Crippen molar-refractivity contribution < 1.29 is 27.4 Å². The van der Waals surface area contributed by atoms with Gasteiger partial charge in [-0.2, -0.15) is 13.2 Å². The molecule has 1 saturated heterocycles. The molecular formula is C35H46F3NO3. The lowest BCUT2D eigenvalue weighted by molar-refractivity contribution is -0.217. The molecule has 2 aromatic rings. The zero-order valence-electron chi connectivity index (χ0n) is 25.7. The van der Waals surface area contributed by atoms with E-state index in [9.17, 15) is 18.0 Å². The summed E-state index contributed by atoms with van der Waals surface area (Å²) < 4.78 is 53.7. The lowest BCUT2D eigenvalue weighted by Crippen LogP contribution is -2.47. The largest absolute Gasteiger partial charge is 0.497 e. The first-order valence-electron chi connectivity index (χ1n) is 15.1. The van der Waals surface area contributed by atoms with Crippen LogP contribution < -0.4 is 4.74 Å². The van der Waals surface area contributed by atoms with Crippen molar-refractivity contribution in [1.82, 2.24) is 4.90 Å². The number of ether oxygens (including phenoxy) is 2. The fraction of sp³-hybridized carbons (Fsp3) is 0.571. The molecule has 0 saturated carbocycles. The quantitative estimate of drug-likeness (QED) is 0.248. The van der Waals surface area contributed by atoms with Crippen molar-refractivity contribution in [2.24, 2.45) is 11.3 Å². The van der Waals surface area contributed by atoms with Gasteiger partial charge in [-0.05, 0) is 107 Å². The van der Waals surface area contributed by atoms with E-state index >= 15 is 0 Å². The molecule has 4 nitrogen and oxygen atoms in total. The summed E-state index contributed by atoms with van der Waals surface area (Å²) in [5.41, 5.74) is 2.12. The predicted molar refractivity (Wildman–Crippen MR) is 161 cm³/mol. The van der Waals surface area contributed by atoms with Gasteiger partial charge in [0.1, 0.15) is 12.0 Å². The van der Waals surface area contributed by atoms with Gasteiger partial charge in [0.25, 0.3) is 0 Å². The Hall–Kier alpha value is -2.64. The third-order valence-electron chi connectivity index (χ3n) is 9.21. The number of carbonyl (C=O) groups is 1. The molecule has 230 valence electrons. The molecule has 2 aromatic carbocycles. The minimum absolute atomic E-state index is 0.0882. The summed E-state index contributed by atoms with van der Waals surface area (Å²) in [6, 6.07) is 16.3. The number of allylic oxidation sites excluding steroid dienone is 2. The van der Waals surface area contributed by atoms with Crippen molar-refractivity contribution >= 4 is 11.9 Å². The molecule has 0 aromatic heterocycles. The Labute approximate surface area is 249 Å². The lowest BCUT2D eigenvalue weighted by atomic mass is 9.67. The summed E-state index contributed by atoms with van der Waals surface area (Å²) in [7, 11) is 1.64. The number of alkyl halides is 3. The number of nitrogens with zero attached hydrogens (tertiary/aromatic N) is 1. The molecule has 0 N–H and O–H groups in total. The van der Waals surface area contributed by atoms with E-state index in [0.29, 0.717) is 19.7 Å². The Kier molecular flexibility index (Phi) is 9.93. The molecule has 0 amide bonds. The topological polar surface area (TPSA) is 38.8 Å². The minimum atomic E-state index is -4.31. The number of aldehydes is 1. The Bertz CT molecular complexity index is 1220. The number of carbonyl (C=O) groups excluding carboxylic acids is 1. The summed E-state index contributed by atoms with van der Waals surface area (Å²) in [5.74, 6) is 0.880. The van der Waals surface area contributed by atoms with Gasteiger partial charge in [0.2, 0.25) is 0 Å². The van der Waals surface area contributed by atoms with Crippen molar-refractivity contribution in [3.05, 3.63) is 71.3 Å². The monoisotopic (exact) mass is 585 g/mol.